The van der Waals surface area contributed by atoms with E-state index in [-0.39, 0.29) is 6.03 Å². The molecule has 0 radical (unpaired) electrons. The zero-order valence-electron chi connectivity index (χ0n) is 13.5. The largest absolute Gasteiger partial charge is 0.322 e. The van der Waals surface area contributed by atoms with Gasteiger partial charge in [0, 0.05) is 19.6 Å². The molecule has 122 valence electrons. The highest BCUT2D eigenvalue weighted by atomic mass is 16.2. The first-order chi connectivity index (χ1) is 11.8. The van der Waals surface area contributed by atoms with Gasteiger partial charge >= 0.3 is 6.03 Å². The summed E-state index contributed by atoms with van der Waals surface area (Å²) >= 11 is 0. The number of benzene rings is 1. The van der Waals surface area contributed by atoms with Crippen LogP contribution in [0.4, 0.5) is 10.5 Å². The molecule has 2 amide bonds. The standard InChI is InChI=1S/C19H20N4O/c24-19(23-12-15-3-1-2-4-16(15)13-23)22-17-5-6-18(21-11-17)14-7-9-20-10-8-14/h1-7,11,20H,8-10,12-13H2,(H,22,24). The van der Waals surface area contributed by atoms with Crippen molar-refractivity contribution in [1.82, 2.24) is 15.2 Å². The van der Waals surface area contributed by atoms with Crippen LogP contribution in [-0.2, 0) is 13.1 Å². The Balaban J connectivity index is 1.41. The molecule has 0 fully saturated rings. The summed E-state index contributed by atoms with van der Waals surface area (Å²) in [5.74, 6) is 0. The molecule has 2 aliphatic heterocycles. The molecule has 0 saturated carbocycles. The van der Waals surface area contributed by atoms with Crippen LogP contribution in [0.3, 0.4) is 0 Å². The molecule has 0 bridgehead atoms. The van der Waals surface area contributed by atoms with Crippen molar-refractivity contribution in [2.45, 2.75) is 19.5 Å². The van der Waals surface area contributed by atoms with Crippen molar-refractivity contribution in [3.05, 3.63) is 65.5 Å². The van der Waals surface area contributed by atoms with E-state index in [1.54, 1.807) is 6.20 Å². The third-order valence-corrected chi connectivity index (χ3v) is 4.54. The van der Waals surface area contributed by atoms with Crippen molar-refractivity contribution in [2.24, 2.45) is 0 Å². The summed E-state index contributed by atoms with van der Waals surface area (Å²) in [5, 5.41) is 6.24. The number of anilines is 1. The Bertz CT molecular complexity index is 757. The van der Waals surface area contributed by atoms with E-state index in [0.29, 0.717) is 13.1 Å². The van der Waals surface area contributed by atoms with Gasteiger partial charge in [-0.3, -0.25) is 4.98 Å². The molecular weight excluding hydrogens is 300 g/mol. The van der Waals surface area contributed by atoms with Crippen molar-refractivity contribution in [3.63, 3.8) is 0 Å². The molecule has 5 heteroatoms. The first kappa shape index (κ1) is 14.9. The van der Waals surface area contributed by atoms with E-state index in [1.807, 2.05) is 29.2 Å². The fourth-order valence-electron chi connectivity index (χ4n) is 3.19. The topological polar surface area (TPSA) is 57.3 Å². The molecule has 24 heavy (non-hydrogen) atoms. The molecule has 2 aliphatic rings. The number of carbonyl (C=O) groups excluding carboxylic acids is 1. The molecule has 0 aliphatic carbocycles. The Morgan fingerprint density at radius 1 is 1.12 bits per heavy atom. The SMILES string of the molecule is O=C(Nc1ccc(C2=CCNCC2)nc1)N1Cc2ccccc2C1. The second-order valence-electron chi connectivity index (χ2n) is 6.17. The van der Waals surface area contributed by atoms with E-state index in [1.165, 1.54) is 16.7 Å². The van der Waals surface area contributed by atoms with Crippen LogP contribution in [0.5, 0.6) is 0 Å². The highest BCUT2D eigenvalue weighted by Crippen LogP contribution is 2.23. The summed E-state index contributed by atoms with van der Waals surface area (Å²) in [7, 11) is 0. The minimum atomic E-state index is -0.0816. The predicted molar refractivity (Wildman–Crippen MR) is 94.4 cm³/mol. The number of hydrogen-bond acceptors (Lipinski definition) is 3. The molecule has 0 atom stereocenters. The smallest absolute Gasteiger partial charge is 0.316 e. The van der Waals surface area contributed by atoms with E-state index in [9.17, 15) is 4.79 Å². The molecule has 2 N–H and O–H groups in total. The van der Waals surface area contributed by atoms with E-state index in [2.05, 4.69) is 33.8 Å². The number of nitrogens with one attached hydrogen (secondary N) is 2. The molecule has 1 aromatic heterocycles. The van der Waals surface area contributed by atoms with Crippen LogP contribution in [0.2, 0.25) is 0 Å². The summed E-state index contributed by atoms with van der Waals surface area (Å²) in [6.07, 6.45) is 4.90. The molecule has 5 nitrogen and oxygen atoms in total. The minimum Gasteiger partial charge on any atom is -0.316 e. The van der Waals surface area contributed by atoms with Crippen LogP contribution in [-0.4, -0.2) is 29.0 Å². The maximum atomic E-state index is 12.4. The number of carbonyl (C=O) groups is 1. The number of aromatic nitrogens is 1. The maximum Gasteiger partial charge on any atom is 0.322 e. The Labute approximate surface area is 141 Å². The van der Waals surface area contributed by atoms with Gasteiger partial charge < -0.3 is 15.5 Å². The Kier molecular flexibility index (Phi) is 4.01. The number of nitrogens with zero attached hydrogens (tertiary/aromatic N) is 2. The van der Waals surface area contributed by atoms with Crippen molar-refractivity contribution in [1.29, 1.82) is 0 Å². The molecule has 0 saturated heterocycles. The molecule has 0 unspecified atom stereocenters. The van der Waals surface area contributed by atoms with Crippen LogP contribution < -0.4 is 10.6 Å². The second kappa shape index (κ2) is 6.45. The van der Waals surface area contributed by atoms with Gasteiger partial charge in [-0.15, -0.1) is 0 Å². The number of urea groups is 1. The number of fused-ring (bicyclic) bond motifs is 1. The minimum absolute atomic E-state index is 0.0816. The molecule has 0 spiro atoms. The highest BCUT2D eigenvalue weighted by Gasteiger charge is 2.22. The lowest BCUT2D eigenvalue weighted by Gasteiger charge is -2.17. The summed E-state index contributed by atoms with van der Waals surface area (Å²) in [6.45, 7) is 3.20. The summed E-state index contributed by atoms with van der Waals surface area (Å²) < 4.78 is 0. The number of rotatable bonds is 2. The first-order valence-corrected chi connectivity index (χ1v) is 8.28. The highest BCUT2D eigenvalue weighted by molar-refractivity contribution is 5.89. The van der Waals surface area contributed by atoms with Gasteiger partial charge in [0.05, 0.1) is 17.6 Å². The number of amides is 2. The summed E-state index contributed by atoms with van der Waals surface area (Å²) in [5.41, 5.74) is 5.43. The Morgan fingerprint density at radius 3 is 2.54 bits per heavy atom. The second-order valence-corrected chi connectivity index (χ2v) is 6.17. The van der Waals surface area contributed by atoms with Crippen LogP contribution in [0, 0.1) is 0 Å². The maximum absolute atomic E-state index is 12.4. The average molecular weight is 320 g/mol. The predicted octanol–water partition coefficient (Wildman–Crippen LogP) is 3.01. The van der Waals surface area contributed by atoms with Gasteiger partial charge in [0.1, 0.15) is 0 Å². The zero-order valence-corrected chi connectivity index (χ0v) is 13.5. The van der Waals surface area contributed by atoms with Gasteiger partial charge in [-0.05, 0) is 41.8 Å². The van der Waals surface area contributed by atoms with Crippen LogP contribution >= 0.6 is 0 Å². The first-order valence-electron chi connectivity index (χ1n) is 8.28. The van der Waals surface area contributed by atoms with Crippen molar-refractivity contribution < 1.29 is 4.79 Å². The van der Waals surface area contributed by atoms with Gasteiger partial charge in [0.2, 0.25) is 0 Å². The lowest BCUT2D eigenvalue weighted by molar-refractivity contribution is 0.212. The fourth-order valence-corrected chi connectivity index (χ4v) is 3.19. The van der Waals surface area contributed by atoms with Crippen LogP contribution in [0.25, 0.3) is 5.57 Å². The quantitative estimate of drug-likeness (QED) is 0.894. The van der Waals surface area contributed by atoms with E-state index in [0.717, 1.165) is 30.9 Å². The molecular formula is C19H20N4O. The molecule has 2 aromatic rings. The van der Waals surface area contributed by atoms with Crippen molar-refractivity contribution in [3.8, 4) is 0 Å². The van der Waals surface area contributed by atoms with Crippen molar-refractivity contribution >= 4 is 17.3 Å². The number of pyridine rings is 1. The van der Waals surface area contributed by atoms with Crippen LogP contribution in [0.1, 0.15) is 23.2 Å². The van der Waals surface area contributed by atoms with Gasteiger partial charge in [-0.1, -0.05) is 30.3 Å². The van der Waals surface area contributed by atoms with E-state index in [4.69, 9.17) is 0 Å². The monoisotopic (exact) mass is 320 g/mol. The summed E-state index contributed by atoms with van der Waals surface area (Å²) in [4.78, 5) is 18.7. The summed E-state index contributed by atoms with van der Waals surface area (Å²) in [6, 6.07) is 12.0. The normalized spacial score (nSPS) is 16.5. The van der Waals surface area contributed by atoms with Crippen LogP contribution in [0.15, 0.2) is 48.7 Å². The lowest BCUT2D eigenvalue weighted by atomic mass is 10.1. The van der Waals surface area contributed by atoms with E-state index >= 15 is 0 Å². The third-order valence-electron chi connectivity index (χ3n) is 4.54. The average Bonchev–Trinajstić information content (AvgIpc) is 3.07. The number of hydrogen-bond donors (Lipinski definition) is 2. The van der Waals surface area contributed by atoms with Gasteiger partial charge in [-0.25, -0.2) is 4.79 Å². The fraction of sp³-hybridized carbons (Fsp3) is 0.263. The van der Waals surface area contributed by atoms with Gasteiger partial charge in [-0.2, -0.15) is 0 Å². The molecule has 1 aromatic carbocycles. The molecule has 3 heterocycles. The zero-order chi connectivity index (χ0) is 16.4. The Morgan fingerprint density at radius 2 is 1.92 bits per heavy atom. The Hall–Kier alpha value is -2.66. The van der Waals surface area contributed by atoms with Crippen molar-refractivity contribution in [2.75, 3.05) is 18.4 Å². The van der Waals surface area contributed by atoms with E-state index < -0.39 is 0 Å². The van der Waals surface area contributed by atoms with Gasteiger partial charge in [0.15, 0.2) is 0 Å². The van der Waals surface area contributed by atoms with Gasteiger partial charge in [0.25, 0.3) is 0 Å². The molecule has 4 rings (SSSR count). The lowest BCUT2D eigenvalue weighted by Crippen LogP contribution is -2.30. The third kappa shape index (κ3) is 3.03.